The third-order valence-corrected chi connectivity index (χ3v) is 5.82. The smallest absolute Gasteiger partial charge is 0.277 e. The molecule has 4 aromatic rings. The normalized spacial score (nSPS) is 10.8. The Morgan fingerprint density at radius 2 is 1.83 bits per heavy atom. The molecular weight excluding hydrogens is 479 g/mol. The molecule has 10 heteroatoms. The number of halogens is 2. The van der Waals surface area contributed by atoms with Crippen molar-refractivity contribution in [1.29, 1.82) is 0 Å². The van der Waals surface area contributed by atoms with E-state index in [0.717, 1.165) is 27.4 Å². The lowest BCUT2D eigenvalue weighted by Crippen LogP contribution is -2.13. The molecule has 4 rings (SSSR count). The van der Waals surface area contributed by atoms with Crippen LogP contribution in [0.25, 0.3) is 22.7 Å². The van der Waals surface area contributed by atoms with Crippen molar-refractivity contribution in [3.8, 4) is 22.7 Å². The molecule has 0 aliphatic carbocycles. The van der Waals surface area contributed by atoms with Crippen LogP contribution in [0.3, 0.4) is 0 Å². The topological polar surface area (TPSA) is 80.9 Å². The minimum atomic E-state index is -0.307. The van der Waals surface area contributed by atoms with Crippen molar-refractivity contribution in [2.45, 2.75) is 5.22 Å². The summed E-state index contributed by atoms with van der Waals surface area (Å²) < 4.78 is 19.6. The molecule has 0 aliphatic rings. The molecule has 0 saturated heterocycles. The number of hydrogen-bond acceptors (Lipinski definition) is 7. The number of aromatic nitrogens is 3. The SMILES string of the molecule is O=C(CSc1nnc(-c2ccc(Br)cc2)o1)Nc1nc(-c2ccc(F)cc2)cs1. The quantitative estimate of drug-likeness (QED) is 0.359. The van der Waals surface area contributed by atoms with Crippen molar-refractivity contribution in [3.05, 3.63) is 64.2 Å². The first-order valence-corrected chi connectivity index (χ1v) is 11.0. The van der Waals surface area contributed by atoms with Gasteiger partial charge in [0.25, 0.3) is 5.22 Å². The number of nitrogens with one attached hydrogen (secondary N) is 1. The summed E-state index contributed by atoms with van der Waals surface area (Å²) in [6.45, 7) is 0. The molecule has 0 unspecified atom stereocenters. The van der Waals surface area contributed by atoms with Gasteiger partial charge in [-0.3, -0.25) is 4.79 Å². The second kappa shape index (κ2) is 8.85. The van der Waals surface area contributed by atoms with Gasteiger partial charge < -0.3 is 9.73 Å². The maximum absolute atomic E-state index is 13.0. The minimum Gasteiger partial charge on any atom is -0.411 e. The van der Waals surface area contributed by atoms with Gasteiger partial charge in [0.2, 0.25) is 11.8 Å². The van der Waals surface area contributed by atoms with Crippen molar-refractivity contribution >= 4 is 50.1 Å². The number of anilines is 1. The molecule has 0 bridgehead atoms. The molecule has 2 heterocycles. The Labute approximate surface area is 181 Å². The number of carbonyl (C=O) groups is 1. The Morgan fingerprint density at radius 1 is 1.10 bits per heavy atom. The maximum Gasteiger partial charge on any atom is 0.277 e. The summed E-state index contributed by atoms with van der Waals surface area (Å²) in [6.07, 6.45) is 0. The van der Waals surface area contributed by atoms with Gasteiger partial charge in [0, 0.05) is 21.0 Å². The van der Waals surface area contributed by atoms with Crippen LogP contribution in [-0.2, 0) is 4.79 Å². The molecule has 0 radical (unpaired) electrons. The number of nitrogens with zero attached hydrogens (tertiary/aromatic N) is 3. The first-order valence-electron chi connectivity index (χ1n) is 8.30. The predicted molar refractivity (Wildman–Crippen MR) is 114 cm³/mol. The Hall–Kier alpha value is -2.56. The fraction of sp³-hybridized carbons (Fsp3) is 0.0526. The molecule has 146 valence electrons. The average Bonchev–Trinajstić information content (AvgIpc) is 3.37. The van der Waals surface area contributed by atoms with Crippen LogP contribution in [0.5, 0.6) is 0 Å². The van der Waals surface area contributed by atoms with Crippen LogP contribution in [0, 0.1) is 5.82 Å². The highest BCUT2D eigenvalue weighted by atomic mass is 79.9. The van der Waals surface area contributed by atoms with Crippen LogP contribution >= 0.6 is 39.0 Å². The van der Waals surface area contributed by atoms with Gasteiger partial charge in [-0.2, -0.15) is 0 Å². The molecular formula is C19H12BrFN4O2S2. The lowest BCUT2D eigenvalue weighted by molar-refractivity contribution is -0.113. The van der Waals surface area contributed by atoms with Crippen molar-refractivity contribution in [2.75, 3.05) is 11.1 Å². The highest BCUT2D eigenvalue weighted by Crippen LogP contribution is 2.27. The van der Waals surface area contributed by atoms with Crippen LogP contribution in [0.4, 0.5) is 9.52 Å². The number of carbonyl (C=O) groups excluding carboxylic acids is 1. The van der Waals surface area contributed by atoms with E-state index in [4.69, 9.17) is 4.42 Å². The van der Waals surface area contributed by atoms with E-state index in [2.05, 4.69) is 36.4 Å². The van der Waals surface area contributed by atoms with Gasteiger partial charge in [0.1, 0.15) is 5.82 Å². The molecule has 6 nitrogen and oxygen atoms in total. The number of thiazole rings is 1. The van der Waals surface area contributed by atoms with Gasteiger partial charge in [0.05, 0.1) is 11.4 Å². The number of benzene rings is 2. The molecule has 2 aromatic carbocycles. The van der Waals surface area contributed by atoms with E-state index in [9.17, 15) is 9.18 Å². The molecule has 0 aliphatic heterocycles. The van der Waals surface area contributed by atoms with Gasteiger partial charge in [-0.25, -0.2) is 9.37 Å². The van der Waals surface area contributed by atoms with Crippen LogP contribution in [0.1, 0.15) is 0 Å². The van der Waals surface area contributed by atoms with Crippen molar-refractivity contribution in [3.63, 3.8) is 0 Å². The van der Waals surface area contributed by atoms with Gasteiger partial charge in [-0.15, -0.1) is 21.5 Å². The Morgan fingerprint density at radius 3 is 2.59 bits per heavy atom. The van der Waals surface area contributed by atoms with Crippen LogP contribution in [0.15, 0.2) is 68.0 Å². The fourth-order valence-electron chi connectivity index (χ4n) is 2.34. The zero-order valence-electron chi connectivity index (χ0n) is 14.6. The number of rotatable bonds is 6. The van der Waals surface area contributed by atoms with Crippen LogP contribution in [0.2, 0.25) is 0 Å². The predicted octanol–water partition coefficient (Wildman–Crippen LogP) is 5.49. The fourth-order valence-corrected chi connectivity index (χ4v) is 3.91. The molecule has 0 fully saturated rings. The summed E-state index contributed by atoms with van der Waals surface area (Å²) in [6, 6.07) is 13.5. The Bertz CT molecular complexity index is 1130. The van der Waals surface area contributed by atoms with Gasteiger partial charge in [-0.1, -0.05) is 27.7 Å². The molecule has 2 aromatic heterocycles. The molecule has 0 atom stereocenters. The molecule has 29 heavy (non-hydrogen) atoms. The summed E-state index contributed by atoms with van der Waals surface area (Å²) in [5, 5.41) is 13.3. The van der Waals surface area contributed by atoms with E-state index in [1.54, 1.807) is 17.5 Å². The summed E-state index contributed by atoms with van der Waals surface area (Å²) >= 11 is 5.82. The van der Waals surface area contributed by atoms with E-state index in [1.807, 2.05) is 24.3 Å². The molecule has 0 saturated carbocycles. The highest BCUT2D eigenvalue weighted by Gasteiger charge is 2.13. The lowest BCUT2D eigenvalue weighted by atomic mass is 10.2. The second-order valence-corrected chi connectivity index (χ2v) is 8.46. The summed E-state index contributed by atoms with van der Waals surface area (Å²) in [5.74, 6) is -0.0468. The standard InChI is InChI=1S/C19H12BrFN4O2S2/c20-13-5-1-12(2-6-13)17-24-25-19(27-17)29-10-16(26)23-18-22-15(9-28-18)11-3-7-14(21)8-4-11/h1-9H,10H2,(H,22,23,26). The van der Waals surface area contributed by atoms with E-state index < -0.39 is 0 Å². The largest absolute Gasteiger partial charge is 0.411 e. The lowest BCUT2D eigenvalue weighted by Gasteiger charge is -1.99. The first-order chi connectivity index (χ1) is 14.1. The van der Waals surface area contributed by atoms with Crippen molar-refractivity contribution in [2.24, 2.45) is 0 Å². The second-order valence-electron chi connectivity index (χ2n) is 5.76. The Balaban J connectivity index is 1.33. The highest BCUT2D eigenvalue weighted by molar-refractivity contribution is 9.10. The van der Waals surface area contributed by atoms with Crippen LogP contribution in [-0.4, -0.2) is 26.8 Å². The first kappa shape index (κ1) is 19.7. The van der Waals surface area contributed by atoms with Gasteiger partial charge in [-0.05, 0) is 48.5 Å². The third kappa shape index (κ3) is 5.08. The zero-order valence-corrected chi connectivity index (χ0v) is 17.9. The average molecular weight is 491 g/mol. The van der Waals surface area contributed by atoms with E-state index in [1.165, 1.54) is 23.5 Å². The Kier molecular flexibility index (Phi) is 6.02. The monoisotopic (exact) mass is 490 g/mol. The van der Waals surface area contributed by atoms with Gasteiger partial charge >= 0.3 is 0 Å². The van der Waals surface area contributed by atoms with E-state index in [0.29, 0.717) is 21.9 Å². The summed E-state index contributed by atoms with van der Waals surface area (Å²) in [7, 11) is 0. The molecule has 0 spiro atoms. The number of hydrogen-bond donors (Lipinski definition) is 1. The summed E-state index contributed by atoms with van der Waals surface area (Å²) in [5.41, 5.74) is 2.26. The minimum absolute atomic E-state index is 0.105. The number of amides is 1. The zero-order chi connectivity index (χ0) is 20.2. The van der Waals surface area contributed by atoms with E-state index in [-0.39, 0.29) is 17.5 Å². The third-order valence-electron chi connectivity index (χ3n) is 3.71. The molecule has 1 N–H and O–H groups in total. The van der Waals surface area contributed by atoms with Gasteiger partial charge in [0.15, 0.2) is 5.13 Å². The maximum atomic E-state index is 13.0. The summed E-state index contributed by atoms with van der Waals surface area (Å²) in [4.78, 5) is 16.5. The van der Waals surface area contributed by atoms with Crippen molar-refractivity contribution < 1.29 is 13.6 Å². The molecule has 1 amide bonds. The van der Waals surface area contributed by atoms with Crippen molar-refractivity contribution in [1.82, 2.24) is 15.2 Å². The number of thioether (sulfide) groups is 1. The van der Waals surface area contributed by atoms with Crippen LogP contribution < -0.4 is 5.32 Å². The van der Waals surface area contributed by atoms with E-state index >= 15 is 0 Å².